The Labute approximate surface area is 131 Å². The van der Waals surface area contributed by atoms with E-state index in [0.29, 0.717) is 22.9 Å². The van der Waals surface area contributed by atoms with Crippen molar-refractivity contribution in [3.05, 3.63) is 48.7 Å². The Morgan fingerprint density at radius 2 is 1.87 bits per heavy atom. The molecule has 118 valence electrons. The monoisotopic (exact) mass is 314 g/mol. The van der Waals surface area contributed by atoms with Gasteiger partial charge in [0.1, 0.15) is 11.5 Å². The van der Waals surface area contributed by atoms with Crippen molar-refractivity contribution in [1.82, 2.24) is 4.98 Å². The maximum absolute atomic E-state index is 12.4. The first kappa shape index (κ1) is 14.7. The number of hydrogen-bond donors (Lipinski definition) is 1. The molecular formula is C16H14N2O5. The van der Waals surface area contributed by atoms with Gasteiger partial charge in [-0.3, -0.25) is 4.79 Å². The minimum absolute atomic E-state index is 0.127. The molecule has 0 aliphatic rings. The van der Waals surface area contributed by atoms with Crippen molar-refractivity contribution in [2.45, 2.75) is 0 Å². The van der Waals surface area contributed by atoms with Crippen molar-refractivity contribution in [3.63, 3.8) is 0 Å². The second-order valence-corrected chi connectivity index (χ2v) is 4.56. The first-order valence-corrected chi connectivity index (χ1v) is 6.73. The summed E-state index contributed by atoms with van der Waals surface area (Å²) in [5.41, 5.74) is 0.640. The van der Waals surface area contributed by atoms with Gasteiger partial charge in [-0.1, -0.05) is 0 Å². The smallest absolute Gasteiger partial charge is 0.278 e. The topological polar surface area (TPSA) is 86.7 Å². The van der Waals surface area contributed by atoms with E-state index < -0.39 is 5.91 Å². The van der Waals surface area contributed by atoms with E-state index in [0.717, 1.165) is 0 Å². The zero-order chi connectivity index (χ0) is 16.2. The standard InChI is InChI=1S/C16H14N2O5/c1-20-11-6-10(7-12(8-11)21-2)18-16(19)14-15(23-9-17-14)13-4-3-5-22-13/h3-9H,1-2H3,(H,18,19). The molecule has 7 heteroatoms. The SMILES string of the molecule is COc1cc(NC(=O)c2ncoc2-c2ccco2)cc(OC)c1. The van der Waals surface area contributed by atoms with Gasteiger partial charge in [0.2, 0.25) is 5.76 Å². The van der Waals surface area contributed by atoms with Crippen LogP contribution in [-0.4, -0.2) is 25.1 Å². The van der Waals surface area contributed by atoms with Crippen LogP contribution in [0.1, 0.15) is 10.5 Å². The van der Waals surface area contributed by atoms with Crippen molar-refractivity contribution in [2.24, 2.45) is 0 Å². The molecule has 7 nitrogen and oxygen atoms in total. The number of nitrogens with one attached hydrogen (secondary N) is 1. The van der Waals surface area contributed by atoms with Crippen molar-refractivity contribution in [3.8, 4) is 23.0 Å². The Kier molecular flexibility index (Phi) is 4.01. The molecule has 0 aliphatic carbocycles. The van der Waals surface area contributed by atoms with Gasteiger partial charge in [0.05, 0.1) is 20.5 Å². The first-order chi connectivity index (χ1) is 11.2. The molecule has 1 N–H and O–H groups in total. The number of aromatic nitrogens is 1. The summed E-state index contributed by atoms with van der Waals surface area (Å²) in [6, 6.07) is 8.44. The highest BCUT2D eigenvalue weighted by atomic mass is 16.5. The van der Waals surface area contributed by atoms with Crippen LogP contribution in [0.25, 0.3) is 11.5 Å². The third-order valence-corrected chi connectivity index (χ3v) is 3.14. The minimum atomic E-state index is -0.430. The van der Waals surface area contributed by atoms with E-state index in [1.54, 1.807) is 30.3 Å². The first-order valence-electron chi connectivity index (χ1n) is 6.73. The van der Waals surface area contributed by atoms with Crippen molar-refractivity contribution in [2.75, 3.05) is 19.5 Å². The molecule has 23 heavy (non-hydrogen) atoms. The van der Waals surface area contributed by atoms with Crippen molar-refractivity contribution < 1.29 is 23.1 Å². The average molecular weight is 314 g/mol. The molecule has 0 radical (unpaired) electrons. The lowest BCUT2D eigenvalue weighted by Gasteiger charge is -2.09. The maximum atomic E-state index is 12.4. The largest absolute Gasteiger partial charge is 0.497 e. The van der Waals surface area contributed by atoms with E-state index in [4.69, 9.17) is 18.3 Å². The van der Waals surface area contributed by atoms with Crippen LogP contribution in [0, 0.1) is 0 Å². The zero-order valence-electron chi connectivity index (χ0n) is 12.5. The predicted molar refractivity (Wildman–Crippen MR) is 81.7 cm³/mol. The number of hydrogen-bond acceptors (Lipinski definition) is 6. The van der Waals surface area contributed by atoms with Crippen LogP contribution in [0.15, 0.2) is 51.8 Å². The molecule has 0 atom stereocenters. The third kappa shape index (κ3) is 3.03. The number of ether oxygens (including phenoxy) is 2. The number of amides is 1. The number of benzene rings is 1. The second kappa shape index (κ2) is 6.27. The molecule has 1 aromatic carbocycles. The fraction of sp³-hybridized carbons (Fsp3) is 0.125. The van der Waals surface area contributed by atoms with Gasteiger partial charge in [-0.25, -0.2) is 4.98 Å². The van der Waals surface area contributed by atoms with Gasteiger partial charge in [0.15, 0.2) is 17.8 Å². The Bertz CT molecular complexity index is 786. The number of carbonyl (C=O) groups is 1. The van der Waals surface area contributed by atoms with Crippen LogP contribution in [0.2, 0.25) is 0 Å². The van der Waals surface area contributed by atoms with E-state index in [2.05, 4.69) is 10.3 Å². The predicted octanol–water partition coefficient (Wildman–Crippen LogP) is 3.20. The van der Waals surface area contributed by atoms with Gasteiger partial charge < -0.3 is 23.6 Å². The maximum Gasteiger partial charge on any atom is 0.278 e. The highest BCUT2D eigenvalue weighted by molar-refractivity contribution is 6.06. The zero-order valence-corrected chi connectivity index (χ0v) is 12.5. The molecule has 0 unspecified atom stereocenters. The molecule has 0 aliphatic heterocycles. The van der Waals surface area contributed by atoms with Gasteiger partial charge in [0.25, 0.3) is 5.91 Å². The normalized spacial score (nSPS) is 10.3. The van der Waals surface area contributed by atoms with Gasteiger partial charge in [-0.05, 0) is 12.1 Å². The number of nitrogens with zero attached hydrogens (tertiary/aromatic N) is 1. The Morgan fingerprint density at radius 3 is 2.48 bits per heavy atom. The van der Waals surface area contributed by atoms with Crippen LogP contribution in [0.5, 0.6) is 11.5 Å². The van der Waals surface area contributed by atoms with Crippen molar-refractivity contribution in [1.29, 1.82) is 0 Å². The summed E-state index contributed by atoms with van der Waals surface area (Å²) < 4.78 is 20.8. The van der Waals surface area contributed by atoms with E-state index in [9.17, 15) is 4.79 Å². The number of oxazole rings is 1. The quantitative estimate of drug-likeness (QED) is 0.778. The van der Waals surface area contributed by atoms with E-state index in [1.807, 2.05) is 0 Å². The molecular weight excluding hydrogens is 300 g/mol. The molecule has 1 amide bonds. The molecule has 3 rings (SSSR count). The molecule has 0 spiro atoms. The summed E-state index contributed by atoms with van der Waals surface area (Å²) in [7, 11) is 3.07. The number of methoxy groups -OCH3 is 2. The fourth-order valence-electron chi connectivity index (χ4n) is 2.06. The lowest BCUT2D eigenvalue weighted by atomic mass is 10.2. The van der Waals surface area contributed by atoms with Gasteiger partial charge in [-0.15, -0.1) is 0 Å². The third-order valence-electron chi connectivity index (χ3n) is 3.14. The summed E-state index contributed by atoms with van der Waals surface area (Å²) in [5.74, 6) is 1.39. The van der Waals surface area contributed by atoms with Gasteiger partial charge >= 0.3 is 0 Å². The number of carbonyl (C=O) groups excluding carboxylic acids is 1. The van der Waals surface area contributed by atoms with Crippen molar-refractivity contribution >= 4 is 11.6 Å². The summed E-state index contributed by atoms with van der Waals surface area (Å²) in [4.78, 5) is 16.4. The summed E-state index contributed by atoms with van der Waals surface area (Å²) >= 11 is 0. The highest BCUT2D eigenvalue weighted by Crippen LogP contribution is 2.28. The molecule has 2 heterocycles. The van der Waals surface area contributed by atoms with E-state index >= 15 is 0 Å². The lowest BCUT2D eigenvalue weighted by molar-refractivity contribution is 0.102. The molecule has 0 bridgehead atoms. The van der Waals surface area contributed by atoms with E-state index in [-0.39, 0.29) is 11.5 Å². The number of furan rings is 1. The highest BCUT2D eigenvalue weighted by Gasteiger charge is 2.20. The fourth-order valence-corrected chi connectivity index (χ4v) is 2.06. The molecule has 0 saturated carbocycles. The molecule has 3 aromatic rings. The van der Waals surface area contributed by atoms with E-state index in [1.165, 1.54) is 26.9 Å². The summed E-state index contributed by atoms with van der Waals surface area (Å²) in [6.07, 6.45) is 2.69. The van der Waals surface area contributed by atoms with Crippen LogP contribution >= 0.6 is 0 Å². The average Bonchev–Trinajstić information content (AvgIpc) is 3.24. The Balaban J connectivity index is 1.87. The van der Waals surface area contributed by atoms with Crippen LogP contribution in [-0.2, 0) is 0 Å². The van der Waals surface area contributed by atoms with Gasteiger partial charge in [-0.2, -0.15) is 0 Å². The Morgan fingerprint density at radius 1 is 1.13 bits per heavy atom. The molecule has 0 fully saturated rings. The summed E-state index contributed by atoms with van der Waals surface area (Å²) in [5, 5.41) is 2.73. The molecule has 2 aromatic heterocycles. The lowest BCUT2D eigenvalue weighted by Crippen LogP contribution is -2.13. The second-order valence-electron chi connectivity index (χ2n) is 4.56. The summed E-state index contributed by atoms with van der Waals surface area (Å²) in [6.45, 7) is 0. The Hall–Kier alpha value is -3.22. The van der Waals surface area contributed by atoms with Crippen LogP contribution in [0.3, 0.4) is 0 Å². The van der Waals surface area contributed by atoms with Gasteiger partial charge in [0, 0.05) is 23.9 Å². The van der Waals surface area contributed by atoms with Crippen LogP contribution in [0.4, 0.5) is 5.69 Å². The minimum Gasteiger partial charge on any atom is -0.497 e. The molecule has 0 saturated heterocycles. The number of anilines is 1. The number of rotatable bonds is 5. The van der Waals surface area contributed by atoms with Crippen LogP contribution < -0.4 is 14.8 Å².